The van der Waals surface area contributed by atoms with Gasteiger partial charge in [0.15, 0.2) is 0 Å². The van der Waals surface area contributed by atoms with E-state index in [1.165, 1.54) is 16.7 Å². The number of hydrogen-bond donors (Lipinski definition) is 2. The number of aliphatic carboxylic acids is 1. The van der Waals surface area contributed by atoms with Gasteiger partial charge in [0.2, 0.25) is 5.91 Å². The van der Waals surface area contributed by atoms with Crippen LogP contribution in [0.3, 0.4) is 0 Å². The monoisotopic (exact) mass is 436 g/mol. The highest BCUT2D eigenvalue weighted by Crippen LogP contribution is 2.51. The van der Waals surface area contributed by atoms with Crippen molar-refractivity contribution in [1.82, 2.24) is 10.2 Å². The summed E-state index contributed by atoms with van der Waals surface area (Å²) in [4.78, 5) is 38.6. The highest BCUT2D eigenvalue weighted by Gasteiger charge is 2.58. The minimum absolute atomic E-state index is 0.0884. The predicted molar refractivity (Wildman–Crippen MR) is 117 cm³/mol. The van der Waals surface area contributed by atoms with Crippen LogP contribution in [0.4, 0.5) is 4.79 Å². The van der Waals surface area contributed by atoms with Crippen molar-refractivity contribution in [2.75, 3.05) is 0 Å². The molecule has 166 valence electrons. The Morgan fingerprint density at radius 2 is 1.77 bits per heavy atom. The van der Waals surface area contributed by atoms with Crippen LogP contribution in [-0.2, 0) is 20.9 Å². The maximum Gasteiger partial charge on any atom is 0.408 e. The number of hydrogen-bond acceptors (Lipinski definition) is 5. The van der Waals surface area contributed by atoms with E-state index in [1.807, 2.05) is 71.9 Å². The van der Waals surface area contributed by atoms with Gasteiger partial charge in [-0.1, -0.05) is 44.2 Å². The molecule has 1 aromatic carbocycles. The normalized spacial score (nSPS) is 20.6. The Morgan fingerprint density at radius 3 is 2.30 bits per heavy atom. The maximum atomic E-state index is 13.5. The molecule has 2 rings (SSSR count). The number of carbonyl (C=O) groups is 3. The topological polar surface area (TPSA) is 95.9 Å². The third-order valence-electron chi connectivity index (χ3n) is 4.99. The lowest BCUT2D eigenvalue weighted by atomic mass is 9.97. The molecule has 1 heterocycles. The average molecular weight is 437 g/mol. The van der Waals surface area contributed by atoms with Crippen molar-refractivity contribution < 1.29 is 24.2 Å². The summed E-state index contributed by atoms with van der Waals surface area (Å²) < 4.78 is 4.61. The highest BCUT2D eigenvalue weighted by molar-refractivity contribution is 8.02. The Kier molecular flexibility index (Phi) is 7.45. The van der Waals surface area contributed by atoms with E-state index in [0.717, 1.165) is 5.56 Å². The van der Waals surface area contributed by atoms with Crippen molar-refractivity contribution in [2.24, 2.45) is 5.92 Å². The summed E-state index contributed by atoms with van der Waals surface area (Å²) in [5, 5.41) is 12.5. The number of thioether (sulfide) groups is 1. The molecule has 1 aliphatic heterocycles. The summed E-state index contributed by atoms with van der Waals surface area (Å²) in [7, 11) is 0. The Bertz CT molecular complexity index is 779. The van der Waals surface area contributed by atoms with Gasteiger partial charge < -0.3 is 20.1 Å². The summed E-state index contributed by atoms with van der Waals surface area (Å²) >= 11 is 1.44. The minimum Gasteiger partial charge on any atom is -0.480 e. The molecular weight excluding hydrogens is 404 g/mol. The van der Waals surface area contributed by atoms with Crippen LogP contribution in [0.25, 0.3) is 0 Å². The molecule has 8 heteroatoms. The van der Waals surface area contributed by atoms with Gasteiger partial charge in [0.1, 0.15) is 18.7 Å². The number of nitrogens with zero attached hydrogens (tertiary/aromatic N) is 1. The standard InChI is InChI=1S/C22H32N2O5S/c1-14(2)12-16(23-20(28)29-13-15-10-8-7-9-11-15)18(25)24-17(19(26)27)21(3,4)30-22(24,5)6/h7-11,14,16-17H,12-13H2,1-6H3,(H,23,28)(H,26,27)/t16-,17+/m0/s1. The molecule has 2 atom stereocenters. The predicted octanol–water partition coefficient (Wildman–Crippen LogP) is 3.87. The van der Waals surface area contributed by atoms with Gasteiger partial charge in [-0.25, -0.2) is 9.59 Å². The van der Waals surface area contributed by atoms with Crippen molar-refractivity contribution in [3.8, 4) is 0 Å². The first kappa shape index (κ1) is 24.1. The molecule has 1 aromatic rings. The van der Waals surface area contributed by atoms with Gasteiger partial charge in [-0.2, -0.15) is 0 Å². The van der Waals surface area contributed by atoms with E-state index in [1.54, 1.807) is 0 Å². The van der Waals surface area contributed by atoms with Crippen LogP contribution in [0, 0.1) is 5.92 Å². The molecule has 0 saturated carbocycles. The van der Waals surface area contributed by atoms with Gasteiger partial charge in [-0.15, -0.1) is 11.8 Å². The maximum absolute atomic E-state index is 13.5. The van der Waals surface area contributed by atoms with Crippen molar-refractivity contribution in [2.45, 2.75) is 76.3 Å². The lowest BCUT2D eigenvalue weighted by Gasteiger charge is -2.36. The Balaban J connectivity index is 2.19. The zero-order valence-corrected chi connectivity index (χ0v) is 19.3. The van der Waals surface area contributed by atoms with Gasteiger partial charge in [0, 0.05) is 4.75 Å². The molecule has 7 nitrogen and oxygen atoms in total. The molecule has 1 saturated heterocycles. The fourth-order valence-corrected chi connectivity index (χ4v) is 5.84. The molecule has 2 N–H and O–H groups in total. The first-order valence-electron chi connectivity index (χ1n) is 10.1. The molecule has 1 fully saturated rings. The van der Waals surface area contributed by atoms with Gasteiger partial charge >= 0.3 is 12.1 Å². The van der Waals surface area contributed by atoms with Crippen LogP contribution >= 0.6 is 11.8 Å². The summed E-state index contributed by atoms with van der Waals surface area (Å²) in [6.45, 7) is 11.3. The fraction of sp³-hybridized carbons (Fsp3) is 0.591. The van der Waals surface area contributed by atoms with Crippen LogP contribution in [0.15, 0.2) is 30.3 Å². The van der Waals surface area contributed by atoms with E-state index in [4.69, 9.17) is 4.74 Å². The molecule has 0 spiro atoms. The van der Waals surface area contributed by atoms with E-state index in [-0.39, 0.29) is 12.5 Å². The van der Waals surface area contributed by atoms with Crippen molar-refractivity contribution in [1.29, 1.82) is 0 Å². The first-order valence-corrected chi connectivity index (χ1v) is 10.9. The van der Waals surface area contributed by atoms with Crippen LogP contribution < -0.4 is 5.32 Å². The van der Waals surface area contributed by atoms with Gasteiger partial charge in [0.25, 0.3) is 0 Å². The highest BCUT2D eigenvalue weighted by atomic mass is 32.2. The fourth-order valence-electron chi connectivity index (χ4n) is 3.94. The van der Waals surface area contributed by atoms with Gasteiger partial charge in [-0.05, 0) is 45.6 Å². The molecule has 30 heavy (non-hydrogen) atoms. The molecule has 0 radical (unpaired) electrons. The van der Waals surface area contributed by atoms with Crippen molar-refractivity contribution in [3.63, 3.8) is 0 Å². The van der Waals surface area contributed by atoms with E-state index < -0.39 is 39.7 Å². The summed E-state index contributed by atoms with van der Waals surface area (Å²) in [5.41, 5.74) is 0.837. The second-order valence-electron chi connectivity index (χ2n) is 8.99. The molecule has 0 bridgehead atoms. The Hall–Kier alpha value is -2.22. The molecule has 0 unspecified atom stereocenters. The molecule has 2 amide bonds. The second kappa shape index (κ2) is 9.29. The number of alkyl carbamates (subject to hydrolysis) is 1. The first-order chi connectivity index (χ1) is 13.8. The molecule has 0 aliphatic carbocycles. The number of nitrogens with one attached hydrogen (secondary N) is 1. The lowest BCUT2D eigenvalue weighted by molar-refractivity contribution is -0.153. The van der Waals surface area contributed by atoms with E-state index in [0.29, 0.717) is 6.42 Å². The van der Waals surface area contributed by atoms with E-state index in [9.17, 15) is 19.5 Å². The molecule has 1 aliphatic rings. The van der Waals surface area contributed by atoms with Crippen LogP contribution in [0.1, 0.15) is 53.5 Å². The third-order valence-corrected chi connectivity index (χ3v) is 6.44. The number of ether oxygens (including phenoxy) is 1. The lowest BCUT2D eigenvalue weighted by Crippen LogP contribution is -2.59. The number of benzene rings is 1. The van der Waals surface area contributed by atoms with Crippen LogP contribution in [0.5, 0.6) is 0 Å². The average Bonchev–Trinajstić information content (AvgIpc) is 2.82. The zero-order chi connectivity index (χ0) is 22.7. The number of carbonyl (C=O) groups excluding carboxylic acids is 2. The van der Waals surface area contributed by atoms with Gasteiger partial charge in [0.05, 0.1) is 4.87 Å². The number of rotatable bonds is 7. The van der Waals surface area contributed by atoms with E-state index in [2.05, 4.69) is 5.32 Å². The number of carboxylic acids is 1. The smallest absolute Gasteiger partial charge is 0.408 e. The van der Waals surface area contributed by atoms with E-state index >= 15 is 0 Å². The molecule has 0 aromatic heterocycles. The van der Waals surface area contributed by atoms with Crippen LogP contribution in [0.2, 0.25) is 0 Å². The van der Waals surface area contributed by atoms with Crippen molar-refractivity contribution in [3.05, 3.63) is 35.9 Å². The Morgan fingerprint density at radius 1 is 1.17 bits per heavy atom. The van der Waals surface area contributed by atoms with Crippen LogP contribution in [-0.4, -0.2) is 49.7 Å². The number of carboxylic acid groups (broad SMARTS) is 1. The zero-order valence-electron chi connectivity index (χ0n) is 18.5. The third kappa shape index (κ3) is 5.68. The summed E-state index contributed by atoms with van der Waals surface area (Å²) in [6.07, 6.45) is -0.322. The minimum atomic E-state index is -1.05. The van der Waals surface area contributed by atoms with Gasteiger partial charge in [-0.3, -0.25) is 4.79 Å². The second-order valence-corrected chi connectivity index (χ2v) is 11.2. The summed E-state index contributed by atoms with van der Waals surface area (Å²) in [5.74, 6) is -1.35. The Labute approximate surface area is 182 Å². The quantitative estimate of drug-likeness (QED) is 0.674. The van der Waals surface area contributed by atoms with Crippen molar-refractivity contribution >= 4 is 29.7 Å². The molecular formula is C22H32N2O5S. The SMILES string of the molecule is CC(C)C[C@H](NC(=O)OCc1ccccc1)C(=O)N1[C@H](C(=O)O)C(C)(C)SC1(C)C. The number of amides is 2. The largest absolute Gasteiger partial charge is 0.480 e. The summed E-state index contributed by atoms with van der Waals surface area (Å²) in [6, 6.07) is 7.38.